The maximum atomic E-state index is 13.2. The summed E-state index contributed by atoms with van der Waals surface area (Å²) in [6.07, 6.45) is 2.59. The smallest absolute Gasteiger partial charge is 0.323 e. The molecule has 1 aromatic heterocycles. The zero-order valence-electron chi connectivity index (χ0n) is 21.0. The monoisotopic (exact) mass is 488 g/mol. The highest BCUT2D eigenvalue weighted by atomic mass is 16.5. The van der Waals surface area contributed by atoms with Crippen molar-refractivity contribution >= 4 is 16.9 Å². The SMILES string of the molecule is COC(=O)[C@@H]1Cc2c([nH]c3ccccc23)[C@H]2C[C@@H](NCCN3CCOCC3)C[C@@H](c3ccccc3)N21. The summed E-state index contributed by atoms with van der Waals surface area (Å²) in [5.74, 6) is -0.143. The van der Waals surface area contributed by atoms with E-state index >= 15 is 0 Å². The second-order valence-corrected chi connectivity index (χ2v) is 10.3. The van der Waals surface area contributed by atoms with E-state index in [1.165, 1.54) is 29.3 Å². The average Bonchev–Trinajstić information content (AvgIpc) is 3.32. The number of piperidine rings is 1. The fourth-order valence-corrected chi connectivity index (χ4v) is 6.56. The lowest BCUT2D eigenvalue weighted by atomic mass is 9.79. The highest BCUT2D eigenvalue weighted by molar-refractivity contribution is 5.87. The number of morpholine rings is 1. The number of para-hydroxylation sites is 1. The normalized spacial score (nSPS) is 26.9. The highest BCUT2D eigenvalue weighted by Crippen LogP contribution is 2.48. The minimum absolute atomic E-state index is 0.116. The van der Waals surface area contributed by atoms with E-state index in [9.17, 15) is 4.79 Å². The van der Waals surface area contributed by atoms with Crippen molar-refractivity contribution in [2.75, 3.05) is 46.5 Å². The van der Waals surface area contributed by atoms with Gasteiger partial charge in [-0.1, -0.05) is 48.5 Å². The number of methoxy groups -OCH3 is 1. The average molecular weight is 489 g/mol. The summed E-state index contributed by atoms with van der Waals surface area (Å²) in [4.78, 5) is 21.9. The van der Waals surface area contributed by atoms with Crippen LogP contribution in [0.3, 0.4) is 0 Å². The molecule has 4 heterocycles. The van der Waals surface area contributed by atoms with Crippen molar-refractivity contribution in [1.29, 1.82) is 0 Å². The third-order valence-electron chi connectivity index (χ3n) is 8.29. The Bertz CT molecular complexity index is 1190. The van der Waals surface area contributed by atoms with Crippen LogP contribution in [0.25, 0.3) is 10.9 Å². The molecule has 7 heteroatoms. The van der Waals surface area contributed by atoms with Crippen LogP contribution >= 0.6 is 0 Å². The van der Waals surface area contributed by atoms with E-state index in [-0.39, 0.29) is 24.1 Å². The number of H-pyrrole nitrogens is 1. The first-order valence-electron chi connectivity index (χ1n) is 13.3. The van der Waals surface area contributed by atoms with Crippen LogP contribution in [0, 0.1) is 0 Å². The molecule has 4 atom stereocenters. The highest BCUT2D eigenvalue weighted by Gasteiger charge is 2.48. The van der Waals surface area contributed by atoms with Gasteiger partial charge in [0.25, 0.3) is 0 Å². The minimum atomic E-state index is -0.300. The number of hydrogen-bond acceptors (Lipinski definition) is 6. The molecule has 0 aliphatic carbocycles. The molecule has 6 rings (SSSR count). The lowest BCUT2D eigenvalue weighted by Crippen LogP contribution is -2.56. The summed E-state index contributed by atoms with van der Waals surface area (Å²) in [7, 11) is 1.51. The molecule has 0 spiro atoms. The molecule has 0 saturated carbocycles. The largest absolute Gasteiger partial charge is 0.468 e. The van der Waals surface area contributed by atoms with Gasteiger partial charge in [0.2, 0.25) is 0 Å². The van der Waals surface area contributed by atoms with Crippen LogP contribution in [-0.2, 0) is 20.7 Å². The summed E-state index contributed by atoms with van der Waals surface area (Å²) in [5, 5.41) is 5.11. The lowest BCUT2D eigenvalue weighted by molar-refractivity contribution is -0.152. The van der Waals surface area contributed by atoms with E-state index in [1.807, 2.05) is 0 Å². The fourth-order valence-electron chi connectivity index (χ4n) is 6.56. The van der Waals surface area contributed by atoms with Crippen LogP contribution in [0.15, 0.2) is 54.6 Å². The standard InChI is InChI=1S/C29H36N4O3/c1-35-29(34)27-19-23-22-9-5-6-10-24(22)31-28(23)26-18-21(30-11-12-32-13-15-36-16-14-32)17-25(33(26)27)20-7-3-2-4-8-20/h2-10,21,25-27,30-31H,11-19H2,1H3/t21-,25-,26+,27-/m0/s1. The predicted octanol–water partition coefficient (Wildman–Crippen LogP) is 3.43. The predicted molar refractivity (Wildman–Crippen MR) is 140 cm³/mol. The first kappa shape index (κ1) is 23.7. The van der Waals surface area contributed by atoms with E-state index in [1.54, 1.807) is 0 Å². The molecule has 2 aromatic carbocycles. The molecule has 3 aliphatic heterocycles. The minimum Gasteiger partial charge on any atom is -0.468 e. The second-order valence-electron chi connectivity index (χ2n) is 10.3. The van der Waals surface area contributed by atoms with Crippen LogP contribution in [-0.4, -0.2) is 79.3 Å². The summed E-state index contributed by atoms with van der Waals surface area (Å²) in [6.45, 7) is 5.66. The Morgan fingerprint density at radius 1 is 1.06 bits per heavy atom. The molecule has 0 amide bonds. The molecular weight excluding hydrogens is 452 g/mol. The first-order valence-corrected chi connectivity index (χ1v) is 13.3. The van der Waals surface area contributed by atoms with Gasteiger partial charge in [0, 0.05) is 61.3 Å². The van der Waals surface area contributed by atoms with Crippen molar-refractivity contribution in [1.82, 2.24) is 20.1 Å². The van der Waals surface area contributed by atoms with Gasteiger partial charge in [0.15, 0.2) is 0 Å². The Hall–Kier alpha value is -2.71. The number of nitrogens with zero attached hydrogens (tertiary/aromatic N) is 2. The van der Waals surface area contributed by atoms with E-state index in [0.29, 0.717) is 12.5 Å². The van der Waals surface area contributed by atoms with E-state index in [0.717, 1.165) is 57.8 Å². The van der Waals surface area contributed by atoms with Gasteiger partial charge >= 0.3 is 5.97 Å². The maximum absolute atomic E-state index is 13.2. The van der Waals surface area contributed by atoms with Crippen LogP contribution < -0.4 is 5.32 Å². The first-order chi connectivity index (χ1) is 17.7. The fraction of sp³-hybridized carbons (Fsp3) is 0.483. The summed E-state index contributed by atoms with van der Waals surface area (Å²) < 4.78 is 10.9. The molecule has 2 N–H and O–H groups in total. The number of esters is 1. The Morgan fingerprint density at radius 2 is 1.81 bits per heavy atom. The molecule has 2 fully saturated rings. The molecule has 2 saturated heterocycles. The number of carbonyl (C=O) groups excluding carboxylic acids is 1. The summed E-state index contributed by atoms with van der Waals surface area (Å²) in [5.41, 5.74) is 4.93. The molecule has 36 heavy (non-hydrogen) atoms. The van der Waals surface area contributed by atoms with Crippen molar-refractivity contribution in [3.8, 4) is 0 Å². The molecule has 0 radical (unpaired) electrons. The van der Waals surface area contributed by atoms with Crippen LogP contribution in [0.4, 0.5) is 0 Å². The Labute approximate surface area is 212 Å². The summed E-state index contributed by atoms with van der Waals surface area (Å²) >= 11 is 0. The molecule has 7 nitrogen and oxygen atoms in total. The maximum Gasteiger partial charge on any atom is 0.323 e. The van der Waals surface area contributed by atoms with Gasteiger partial charge in [0.05, 0.1) is 26.4 Å². The molecule has 3 aromatic rings. The molecular formula is C29H36N4O3. The molecule has 190 valence electrons. The zero-order chi connectivity index (χ0) is 24.5. The van der Waals surface area contributed by atoms with Gasteiger partial charge in [-0.2, -0.15) is 0 Å². The van der Waals surface area contributed by atoms with Gasteiger partial charge < -0.3 is 19.8 Å². The van der Waals surface area contributed by atoms with Crippen LogP contribution in [0.2, 0.25) is 0 Å². The number of nitrogens with one attached hydrogen (secondary N) is 2. The van der Waals surface area contributed by atoms with Gasteiger partial charge in [-0.15, -0.1) is 0 Å². The van der Waals surface area contributed by atoms with Crippen molar-refractivity contribution < 1.29 is 14.3 Å². The number of hydrogen-bond donors (Lipinski definition) is 2. The van der Waals surface area contributed by atoms with Crippen molar-refractivity contribution in [3.05, 3.63) is 71.4 Å². The third kappa shape index (κ3) is 4.45. The number of aromatic nitrogens is 1. The van der Waals surface area contributed by atoms with Gasteiger partial charge in [-0.3, -0.25) is 14.6 Å². The quantitative estimate of drug-likeness (QED) is 0.518. The van der Waals surface area contributed by atoms with E-state index < -0.39 is 0 Å². The number of rotatable bonds is 6. The number of benzene rings is 2. The Kier molecular flexibility index (Phi) is 6.80. The molecule has 3 aliphatic rings. The molecule has 0 unspecified atom stereocenters. The lowest BCUT2D eigenvalue weighted by Gasteiger charge is -2.51. The zero-order valence-corrected chi connectivity index (χ0v) is 21.0. The number of fused-ring (bicyclic) bond motifs is 5. The second kappa shape index (κ2) is 10.3. The Morgan fingerprint density at radius 3 is 2.61 bits per heavy atom. The van der Waals surface area contributed by atoms with Crippen molar-refractivity contribution in [2.24, 2.45) is 0 Å². The van der Waals surface area contributed by atoms with Crippen molar-refractivity contribution in [3.63, 3.8) is 0 Å². The summed E-state index contributed by atoms with van der Waals surface area (Å²) in [6, 6.07) is 19.4. The van der Waals surface area contributed by atoms with Crippen molar-refractivity contribution in [2.45, 2.75) is 43.4 Å². The van der Waals surface area contributed by atoms with Crippen LogP contribution in [0.1, 0.15) is 41.7 Å². The van der Waals surface area contributed by atoms with Gasteiger partial charge in [-0.05, 0) is 30.0 Å². The number of aromatic amines is 1. The Balaban J connectivity index is 1.34. The van der Waals surface area contributed by atoms with Gasteiger partial charge in [-0.25, -0.2) is 0 Å². The topological polar surface area (TPSA) is 69.8 Å². The molecule has 0 bridgehead atoms. The van der Waals surface area contributed by atoms with Crippen LogP contribution in [0.5, 0.6) is 0 Å². The third-order valence-corrected chi connectivity index (χ3v) is 8.29. The number of ether oxygens (including phenoxy) is 2. The van der Waals surface area contributed by atoms with Gasteiger partial charge in [0.1, 0.15) is 6.04 Å². The number of carbonyl (C=O) groups is 1. The van der Waals surface area contributed by atoms with E-state index in [2.05, 4.69) is 74.7 Å². The van der Waals surface area contributed by atoms with E-state index in [4.69, 9.17) is 9.47 Å².